The molecular formula is C24H24O2S2. The molecule has 0 fully saturated rings. The van der Waals surface area contributed by atoms with Crippen LogP contribution in [-0.2, 0) is 4.74 Å². The third kappa shape index (κ3) is 7.10. The van der Waals surface area contributed by atoms with Crippen LogP contribution in [0.3, 0.4) is 0 Å². The van der Waals surface area contributed by atoms with E-state index < -0.39 is 0 Å². The number of hydrogen-bond acceptors (Lipinski definition) is 4. The van der Waals surface area contributed by atoms with E-state index in [-0.39, 0.29) is 5.97 Å². The summed E-state index contributed by atoms with van der Waals surface area (Å²) in [5.74, 6) is -0.241. The minimum absolute atomic E-state index is 0.241. The van der Waals surface area contributed by atoms with Crippen LogP contribution in [0.5, 0.6) is 0 Å². The van der Waals surface area contributed by atoms with Gasteiger partial charge in [0.15, 0.2) is 0 Å². The zero-order chi connectivity index (χ0) is 19.4. The van der Waals surface area contributed by atoms with Crippen LogP contribution in [0.25, 0.3) is 0 Å². The van der Waals surface area contributed by atoms with E-state index in [1.54, 1.807) is 12.1 Å². The summed E-state index contributed by atoms with van der Waals surface area (Å²) >= 11 is 3.80. The first-order chi connectivity index (χ1) is 13.8. The van der Waals surface area contributed by atoms with E-state index in [9.17, 15) is 4.79 Å². The Hall–Kier alpha value is -2.17. The van der Waals surface area contributed by atoms with Crippen LogP contribution >= 0.6 is 23.5 Å². The van der Waals surface area contributed by atoms with Crippen LogP contribution in [-0.4, -0.2) is 17.2 Å². The Bertz CT molecular complexity index is 781. The van der Waals surface area contributed by atoms with Gasteiger partial charge in [-0.05, 0) is 55.7 Å². The van der Waals surface area contributed by atoms with Gasteiger partial charge in [-0.2, -0.15) is 0 Å². The number of ether oxygens (including phenoxy) is 1. The van der Waals surface area contributed by atoms with Crippen molar-refractivity contribution < 1.29 is 9.53 Å². The molecule has 0 unspecified atom stereocenters. The third-order valence-corrected chi connectivity index (χ3v) is 6.76. The van der Waals surface area contributed by atoms with Crippen molar-refractivity contribution in [3.05, 3.63) is 96.6 Å². The van der Waals surface area contributed by atoms with Crippen LogP contribution in [0.15, 0.2) is 101 Å². The molecule has 4 heteroatoms. The summed E-state index contributed by atoms with van der Waals surface area (Å²) in [6, 6.07) is 30.2. The Morgan fingerprint density at radius 1 is 0.714 bits per heavy atom. The van der Waals surface area contributed by atoms with E-state index in [2.05, 4.69) is 48.5 Å². The molecule has 0 N–H and O–H groups in total. The Morgan fingerprint density at radius 3 is 1.75 bits per heavy atom. The molecule has 0 atom stereocenters. The minimum Gasteiger partial charge on any atom is -0.462 e. The van der Waals surface area contributed by atoms with Gasteiger partial charge in [-0.1, -0.05) is 54.6 Å². The summed E-state index contributed by atoms with van der Waals surface area (Å²) in [7, 11) is 0. The number of carbonyl (C=O) groups excluding carboxylic acids is 1. The third-order valence-electron chi connectivity index (χ3n) is 4.10. The number of thioether (sulfide) groups is 2. The Morgan fingerprint density at radius 2 is 1.21 bits per heavy atom. The lowest BCUT2D eigenvalue weighted by Crippen LogP contribution is -2.07. The molecule has 0 saturated carbocycles. The van der Waals surface area contributed by atoms with Gasteiger partial charge in [-0.15, -0.1) is 23.5 Å². The number of esters is 1. The van der Waals surface area contributed by atoms with Crippen LogP contribution in [0.4, 0.5) is 0 Å². The van der Waals surface area contributed by atoms with Crippen molar-refractivity contribution in [1.82, 2.24) is 0 Å². The van der Waals surface area contributed by atoms with Crippen molar-refractivity contribution in [2.24, 2.45) is 0 Å². The molecule has 0 amide bonds. The molecule has 28 heavy (non-hydrogen) atoms. The van der Waals surface area contributed by atoms with Gasteiger partial charge in [0.05, 0.1) is 16.8 Å². The van der Waals surface area contributed by atoms with Crippen molar-refractivity contribution in [3.63, 3.8) is 0 Å². The second kappa shape index (κ2) is 11.6. The van der Waals surface area contributed by atoms with Crippen molar-refractivity contribution >= 4 is 29.5 Å². The van der Waals surface area contributed by atoms with E-state index in [1.807, 2.05) is 53.9 Å². The predicted molar refractivity (Wildman–Crippen MR) is 119 cm³/mol. The summed E-state index contributed by atoms with van der Waals surface area (Å²) in [5, 5.41) is 0. The molecule has 0 saturated heterocycles. The van der Waals surface area contributed by atoms with Crippen molar-refractivity contribution in [3.8, 4) is 0 Å². The molecule has 0 aliphatic rings. The van der Waals surface area contributed by atoms with Crippen LogP contribution < -0.4 is 0 Å². The zero-order valence-electron chi connectivity index (χ0n) is 15.7. The first kappa shape index (κ1) is 20.6. The highest BCUT2D eigenvalue weighted by molar-refractivity contribution is 8.17. The van der Waals surface area contributed by atoms with Crippen molar-refractivity contribution in [2.75, 3.05) is 6.61 Å². The Labute approximate surface area is 175 Å². The van der Waals surface area contributed by atoms with Gasteiger partial charge in [-0.3, -0.25) is 0 Å². The van der Waals surface area contributed by atoms with Gasteiger partial charge in [0, 0.05) is 9.79 Å². The Balaban J connectivity index is 1.46. The molecule has 0 radical (unpaired) electrons. The Kier molecular flexibility index (Phi) is 8.54. The van der Waals surface area contributed by atoms with E-state index in [0.29, 0.717) is 16.8 Å². The highest BCUT2D eigenvalue weighted by Gasteiger charge is 2.13. The van der Waals surface area contributed by atoms with E-state index >= 15 is 0 Å². The fraction of sp³-hybridized carbons (Fsp3) is 0.208. The fourth-order valence-corrected chi connectivity index (χ4v) is 5.34. The molecule has 3 aromatic rings. The number of rotatable bonds is 10. The topological polar surface area (TPSA) is 26.3 Å². The average Bonchev–Trinajstić information content (AvgIpc) is 2.75. The summed E-state index contributed by atoms with van der Waals surface area (Å²) in [6.07, 6.45) is 2.95. The molecule has 0 aliphatic carbocycles. The standard InChI is InChI=1S/C24H24O2S2/c25-24(20-12-4-1-5-13-20)26-19-11-10-18-23(27-21-14-6-2-7-15-21)28-22-16-8-3-9-17-22/h1-9,12-17,23H,10-11,18-19H2. The number of hydrogen-bond donors (Lipinski definition) is 0. The van der Waals surface area contributed by atoms with Crippen LogP contribution in [0.2, 0.25) is 0 Å². The quantitative estimate of drug-likeness (QED) is 0.157. The summed E-state index contributed by atoms with van der Waals surface area (Å²) in [6.45, 7) is 0.465. The van der Waals surface area contributed by atoms with Gasteiger partial charge in [0.2, 0.25) is 0 Å². The van der Waals surface area contributed by atoms with E-state index in [1.165, 1.54) is 9.79 Å². The van der Waals surface area contributed by atoms with Gasteiger partial charge in [-0.25, -0.2) is 4.79 Å². The maximum Gasteiger partial charge on any atom is 0.338 e. The fourth-order valence-electron chi connectivity index (χ4n) is 2.68. The SMILES string of the molecule is O=C(OCCCCC(Sc1ccccc1)Sc1ccccc1)c1ccccc1. The maximum absolute atomic E-state index is 12.0. The molecule has 0 aromatic heterocycles. The monoisotopic (exact) mass is 408 g/mol. The molecule has 3 rings (SSSR count). The average molecular weight is 409 g/mol. The molecular weight excluding hydrogens is 384 g/mol. The van der Waals surface area contributed by atoms with Crippen LogP contribution in [0.1, 0.15) is 29.6 Å². The van der Waals surface area contributed by atoms with E-state index in [4.69, 9.17) is 4.74 Å². The molecule has 0 heterocycles. The minimum atomic E-state index is -0.241. The number of unbranched alkanes of at least 4 members (excludes halogenated alkanes) is 1. The van der Waals surface area contributed by atoms with Crippen molar-refractivity contribution in [2.45, 2.75) is 33.6 Å². The highest BCUT2D eigenvalue weighted by atomic mass is 32.2. The largest absolute Gasteiger partial charge is 0.462 e. The summed E-state index contributed by atoms with van der Waals surface area (Å²) < 4.78 is 5.82. The zero-order valence-corrected chi connectivity index (χ0v) is 17.3. The first-order valence-electron chi connectivity index (χ1n) is 9.47. The maximum atomic E-state index is 12.0. The lowest BCUT2D eigenvalue weighted by atomic mass is 10.2. The molecule has 144 valence electrons. The summed E-state index contributed by atoms with van der Waals surface area (Å²) in [4.78, 5) is 14.6. The molecule has 0 bridgehead atoms. The van der Waals surface area contributed by atoms with Crippen molar-refractivity contribution in [1.29, 1.82) is 0 Å². The lowest BCUT2D eigenvalue weighted by molar-refractivity contribution is 0.0498. The summed E-state index contributed by atoms with van der Waals surface area (Å²) in [5.41, 5.74) is 0.611. The van der Waals surface area contributed by atoms with Gasteiger partial charge in [0.25, 0.3) is 0 Å². The predicted octanol–water partition coefficient (Wildman–Crippen LogP) is 6.92. The smallest absolute Gasteiger partial charge is 0.338 e. The highest BCUT2D eigenvalue weighted by Crippen LogP contribution is 2.38. The molecule has 0 spiro atoms. The molecule has 3 aromatic carbocycles. The number of carbonyl (C=O) groups is 1. The van der Waals surface area contributed by atoms with Gasteiger partial charge >= 0.3 is 5.97 Å². The molecule has 2 nitrogen and oxygen atoms in total. The second-order valence-corrected chi connectivity index (χ2v) is 9.14. The number of benzene rings is 3. The normalized spacial score (nSPS) is 10.8. The first-order valence-corrected chi connectivity index (χ1v) is 11.2. The second-order valence-electron chi connectivity index (χ2n) is 6.29. The van der Waals surface area contributed by atoms with Gasteiger partial charge in [0.1, 0.15) is 0 Å². The van der Waals surface area contributed by atoms with Crippen LogP contribution in [0, 0.1) is 0 Å². The van der Waals surface area contributed by atoms with Gasteiger partial charge < -0.3 is 4.74 Å². The lowest BCUT2D eigenvalue weighted by Gasteiger charge is -2.16. The van der Waals surface area contributed by atoms with E-state index in [0.717, 1.165) is 19.3 Å². The molecule has 0 aliphatic heterocycles.